The lowest BCUT2D eigenvalue weighted by atomic mass is 10.2. The molecule has 94 valence electrons. The van der Waals surface area contributed by atoms with Crippen molar-refractivity contribution in [3.63, 3.8) is 0 Å². The van der Waals surface area contributed by atoms with E-state index in [0.717, 1.165) is 27.8 Å². The molecule has 1 aromatic carbocycles. The van der Waals surface area contributed by atoms with E-state index in [-0.39, 0.29) is 0 Å². The molecule has 0 saturated carbocycles. The van der Waals surface area contributed by atoms with Crippen molar-refractivity contribution >= 4 is 23.2 Å². The molecule has 2 aromatic rings. The average Bonchev–Trinajstić information content (AvgIpc) is 2.39. The summed E-state index contributed by atoms with van der Waals surface area (Å²) >= 11 is 5.84. The standard InChI is InChI=1S/C13H15ClN4/c1-9-12(15-2)17-8-18-13(9)16-7-10-3-5-11(14)6-4-10/h3-6,8H,7H2,1-2H3,(H2,15,16,17,18). The van der Waals surface area contributed by atoms with Crippen LogP contribution in [-0.4, -0.2) is 17.0 Å². The fraction of sp³-hybridized carbons (Fsp3) is 0.231. The van der Waals surface area contributed by atoms with Gasteiger partial charge in [0.05, 0.1) is 0 Å². The summed E-state index contributed by atoms with van der Waals surface area (Å²) < 4.78 is 0. The Balaban J connectivity index is 2.08. The Bertz CT molecular complexity index is 525. The van der Waals surface area contributed by atoms with Crippen LogP contribution in [0.25, 0.3) is 0 Å². The van der Waals surface area contributed by atoms with Crippen molar-refractivity contribution in [1.82, 2.24) is 9.97 Å². The highest BCUT2D eigenvalue weighted by molar-refractivity contribution is 6.30. The van der Waals surface area contributed by atoms with Crippen molar-refractivity contribution in [2.24, 2.45) is 0 Å². The highest BCUT2D eigenvalue weighted by Gasteiger charge is 2.04. The third-order valence-electron chi connectivity index (χ3n) is 2.69. The number of halogens is 1. The summed E-state index contributed by atoms with van der Waals surface area (Å²) in [4.78, 5) is 8.38. The van der Waals surface area contributed by atoms with E-state index >= 15 is 0 Å². The van der Waals surface area contributed by atoms with E-state index in [1.807, 2.05) is 38.2 Å². The Hall–Kier alpha value is -1.81. The van der Waals surface area contributed by atoms with Crippen LogP contribution in [0.5, 0.6) is 0 Å². The van der Waals surface area contributed by atoms with Gasteiger partial charge < -0.3 is 10.6 Å². The monoisotopic (exact) mass is 262 g/mol. The van der Waals surface area contributed by atoms with Gasteiger partial charge in [0.2, 0.25) is 0 Å². The zero-order chi connectivity index (χ0) is 13.0. The summed E-state index contributed by atoms with van der Waals surface area (Å²) in [6.45, 7) is 2.69. The summed E-state index contributed by atoms with van der Waals surface area (Å²) in [7, 11) is 1.85. The molecule has 0 aliphatic heterocycles. The van der Waals surface area contributed by atoms with E-state index in [2.05, 4.69) is 20.6 Å². The van der Waals surface area contributed by atoms with Crippen LogP contribution in [-0.2, 0) is 6.54 Å². The number of anilines is 2. The number of nitrogens with zero attached hydrogens (tertiary/aromatic N) is 2. The first-order valence-corrected chi connectivity index (χ1v) is 6.06. The van der Waals surface area contributed by atoms with Crippen molar-refractivity contribution in [3.05, 3.63) is 46.7 Å². The Kier molecular flexibility index (Phi) is 3.99. The summed E-state index contributed by atoms with van der Waals surface area (Å²) in [5.41, 5.74) is 2.16. The normalized spacial score (nSPS) is 10.2. The second-order valence-electron chi connectivity index (χ2n) is 3.93. The predicted molar refractivity (Wildman–Crippen MR) is 75.1 cm³/mol. The quantitative estimate of drug-likeness (QED) is 0.889. The maximum Gasteiger partial charge on any atom is 0.134 e. The summed E-state index contributed by atoms with van der Waals surface area (Å²) in [5, 5.41) is 7.07. The summed E-state index contributed by atoms with van der Waals surface area (Å²) in [6.07, 6.45) is 1.54. The van der Waals surface area contributed by atoms with Crippen LogP contribution in [0.2, 0.25) is 5.02 Å². The first-order valence-electron chi connectivity index (χ1n) is 5.68. The molecule has 5 heteroatoms. The van der Waals surface area contributed by atoms with Gasteiger partial charge in [0.15, 0.2) is 0 Å². The van der Waals surface area contributed by atoms with Gasteiger partial charge in [-0.1, -0.05) is 23.7 Å². The van der Waals surface area contributed by atoms with Crippen LogP contribution in [0.15, 0.2) is 30.6 Å². The molecule has 1 heterocycles. The van der Waals surface area contributed by atoms with E-state index in [0.29, 0.717) is 6.54 Å². The fourth-order valence-corrected chi connectivity index (χ4v) is 1.79. The molecule has 0 bridgehead atoms. The third-order valence-corrected chi connectivity index (χ3v) is 2.95. The van der Waals surface area contributed by atoms with Crippen molar-refractivity contribution in [1.29, 1.82) is 0 Å². The Morgan fingerprint density at radius 1 is 1.11 bits per heavy atom. The molecule has 0 aliphatic carbocycles. The zero-order valence-corrected chi connectivity index (χ0v) is 11.1. The van der Waals surface area contributed by atoms with Gasteiger partial charge in [-0.05, 0) is 24.6 Å². The molecule has 0 aliphatic rings. The maximum absolute atomic E-state index is 5.84. The molecule has 0 saturated heterocycles. The van der Waals surface area contributed by atoms with Gasteiger partial charge in [-0.25, -0.2) is 9.97 Å². The third kappa shape index (κ3) is 2.90. The minimum absolute atomic E-state index is 0.707. The van der Waals surface area contributed by atoms with E-state index in [1.165, 1.54) is 0 Å². The van der Waals surface area contributed by atoms with Gasteiger partial charge in [0.1, 0.15) is 18.0 Å². The smallest absolute Gasteiger partial charge is 0.134 e. The summed E-state index contributed by atoms with van der Waals surface area (Å²) in [6, 6.07) is 7.74. The number of benzene rings is 1. The van der Waals surface area contributed by atoms with Crippen molar-refractivity contribution in [2.45, 2.75) is 13.5 Å². The van der Waals surface area contributed by atoms with E-state index in [4.69, 9.17) is 11.6 Å². The van der Waals surface area contributed by atoms with Crippen LogP contribution in [0.4, 0.5) is 11.6 Å². The second kappa shape index (κ2) is 5.69. The molecule has 2 rings (SSSR count). The lowest BCUT2D eigenvalue weighted by Gasteiger charge is -2.11. The van der Waals surface area contributed by atoms with E-state index < -0.39 is 0 Å². The van der Waals surface area contributed by atoms with Crippen LogP contribution in [0.3, 0.4) is 0 Å². The van der Waals surface area contributed by atoms with Gasteiger partial charge in [0.25, 0.3) is 0 Å². The second-order valence-corrected chi connectivity index (χ2v) is 4.36. The highest BCUT2D eigenvalue weighted by Crippen LogP contribution is 2.18. The molecule has 4 nitrogen and oxygen atoms in total. The topological polar surface area (TPSA) is 49.8 Å². The number of rotatable bonds is 4. The molecule has 2 N–H and O–H groups in total. The van der Waals surface area contributed by atoms with Gasteiger partial charge in [-0.2, -0.15) is 0 Å². The predicted octanol–water partition coefficient (Wildman–Crippen LogP) is 3.09. The minimum atomic E-state index is 0.707. The molecule has 0 atom stereocenters. The molecule has 0 fully saturated rings. The van der Waals surface area contributed by atoms with Gasteiger partial charge >= 0.3 is 0 Å². The van der Waals surface area contributed by atoms with E-state index in [1.54, 1.807) is 6.33 Å². The molecular formula is C13H15ClN4. The van der Waals surface area contributed by atoms with Crippen LogP contribution >= 0.6 is 11.6 Å². The SMILES string of the molecule is CNc1ncnc(NCc2ccc(Cl)cc2)c1C. The Labute approximate surface area is 111 Å². The molecule has 1 aromatic heterocycles. The minimum Gasteiger partial charge on any atom is -0.373 e. The summed E-state index contributed by atoms with van der Waals surface area (Å²) in [5.74, 6) is 1.67. The molecule has 0 unspecified atom stereocenters. The largest absolute Gasteiger partial charge is 0.373 e. The van der Waals surface area contributed by atoms with E-state index in [9.17, 15) is 0 Å². The van der Waals surface area contributed by atoms with Crippen LogP contribution in [0.1, 0.15) is 11.1 Å². The number of hydrogen-bond donors (Lipinski definition) is 2. The Morgan fingerprint density at radius 2 is 1.78 bits per heavy atom. The van der Waals surface area contributed by atoms with Crippen LogP contribution in [0, 0.1) is 6.92 Å². The van der Waals surface area contributed by atoms with Crippen LogP contribution < -0.4 is 10.6 Å². The number of nitrogens with one attached hydrogen (secondary N) is 2. The highest BCUT2D eigenvalue weighted by atomic mass is 35.5. The number of aromatic nitrogens is 2. The maximum atomic E-state index is 5.84. The average molecular weight is 263 g/mol. The molecular weight excluding hydrogens is 248 g/mol. The molecule has 0 radical (unpaired) electrons. The lowest BCUT2D eigenvalue weighted by molar-refractivity contribution is 1.06. The molecule has 0 amide bonds. The fourth-order valence-electron chi connectivity index (χ4n) is 1.67. The zero-order valence-electron chi connectivity index (χ0n) is 10.4. The first-order chi connectivity index (χ1) is 8.70. The van der Waals surface area contributed by atoms with Gasteiger partial charge in [-0.3, -0.25) is 0 Å². The molecule has 18 heavy (non-hydrogen) atoms. The first kappa shape index (κ1) is 12.6. The van der Waals surface area contributed by atoms with Crippen molar-refractivity contribution in [2.75, 3.05) is 17.7 Å². The van der Waals surface area contributed by atoms with Crippen molar-refractivity contribution < 1.29 is 0 Å². The van der Waals surface area contributed by atoms with Crippen molar-refractivity contribution in [3.8, 4) is 0 Å². The lowest BCUT2D eigenvalue weighted by Crippen LogP contribution is -2.06. The molecule has 0 spiro atoms. The number of hydrogen-bond acceptors (Lipinski definition) is 4. The van der Waals surface area contributed by atoms with Gasteiger partial charge in [-0.15, -0.1) is 0 Å². The Morgan fingerprint density at radius 3 is 2.44 bits per heavy atom. The van der Waals surface area contributed by atoms with Gasteiger partial charge in [0, 0.05) is 24.2 Å².